The Morgan fingerprint density at radius 3 is 2.64 bits per heavy atom. The van der Waals surface area contributed by atoms with E-state index in [1.165, 1.54) is 18.3 Å². The average Bonchev–Trinajstić information content (AvgIpc) is 2.60. The minimum absolute atomic E-state index is 0.401. The predicted octanol–water partition coefficient (Wildman–Crippen LogP) is 2.67. The van der Waals surface area contributed by atoms with Gasteiger partial charge < -0.3 is 0 Å². The fourth-order valence-corrected chi connectivity index (χ4v) is 2.28. The Morgan fingerprint density at radius 2 is 1.93 bits per heavy atom. The highest BCUT2D eigenvalue weighted by Gasteiger charge is 2.15. The number of ketones is 2. The maximum absolute atomic E-state index is 11.5. The fourth-order valence-electron chi connectivity index (χ4n) is 1.34. The molecule has 1 aromatic carbocycles. The smallest absolute Gasteiger partial charge is 0.229 e. The molecule has 0 bridgehead atoms. The minimum atomic E-state index is -0.409. The Labute approximate surface area is 85.2 Å². The molecule has 1 aromatic heterocycles. The molecule has 2 aromatic rings. The third-order valence-electron chi connectivity index (χ3n) is 2.05. The SMILES string of the molecule is CC(=O)C(=O)c1csc2ccccc12. The van der Waals surface area contributed by atoms with Gasteiger partial charge >= 0.3 is 0 Å². The third-order valence-corrected chi connectivity index (χ3v) is 3.01. The molecule has 0 fully saturated rings. The lowest BCUT2D eigenvalue weighted by atomic mass is 10.1. The summed E-state index contributed by atoms with van der Waals surface area (Å²) >= 11 is 1.49. The summed E-state index contributed by atoms with van der Waals surface area (Å²) in [6, 6.07) is 7.59. The summed E-state index contributed by atoms with van der Waals surface area (Å²) in [5, 5.41) is 2.62. The number of thiophene rings is 1. The zero-order chi connectivity index (χ0) is 10.1. The van der Waals surface area contributed by atoms with Crippen molar-refractivity contribution in [3.05, 3.63) is 35.2 Å². The van der Waals surface area contributed by atoms with E-state index >= 15 is 0 Å². The molecule has 2 nitrogen and oxygen atoms in total. The maximum Gasteiger partial charge on any atom is 0.229 e. The molecular weight excluding hydrogens is 196 g/mol. The number of fused-ring (bicyclic) bond motifs is 1. The highest BCUT2D eigenvalue weighted by atomic mass is 32.1. The highest BCUT2D eigenvalue weighted by molar-refractivity contribution is 7.17. The molecule has 0 unspecified atom stereocenters. The maximum atomic E-state index is 11.5. The van der Waals surface area contributed by atoms with E-state index in [4.69, 9.17) is 0 Å². The lowest BCUT2D eigenvalue weighted by molar-refractivity contribution is -0.113. The first-order valence-electron chi connectivity index (χ1n) is 4.21. The van der Waals surface area contributed by atoms with E-state index in [2.05, 4.69) is 0 Å². The van der Waals surface area contributed by atoms with Crippen molar-refractivity contribution in [1.82, 2.24) is 0 Å². The topological polar surface area (TPSA) is 34.1 Å². The van der Waals surface area contributed by atoms with Gasteiger partial charge in [-0.2, -0.15) is 0 Å². The second-order valence-electron chi connectivity index (χ2n) is 3.03. The summed E-state index contributed by atoms with van der Waals surface area (Å²) in [7, 11) is 0. The van der Waals surface area contributed by atoms with Crippen LogP contribution in [0.25, 0.3) is 10.1 Å². The Morgan fingerprint density at radius 1 is 1.21 bits per heavy atom. The van der Waals surface area contributed by atoms with Crippen molar-refractivity contribution in [3.8, 4) is 0 Å². The second-order valence-corrected chi connectivity index (χ2v) is 3.94. The molecule has 3 heteroatoms. The highest BCUT2D eigenvalue weighted by Crippen LogP contribution is 2.25. The predicted molar refractivity (Wildman–Crippen MR) is 56.8 cm³/mol. The molecule has 0 atom stereocenters. The Hall–Kier alpha value is -1.48. The van der Waals surface area contributed by atoms with Crippen LogP contribution in [0.3, 0.4) is 0 Å². The molecule has 0 saturated carbocycles. The minimum Gasteiger partial charge on any atom is -0.291 e. The van der Waals surface area contributed by atoms with Gasteiger partial charge in [-0.15, -0.1) is 11.3 Å². The molecule has 0 amide bonds. The van der Waals surface area contributed by atoms with Crippen LogP contribution in [0.5, 0.6) is 0 Å². The van der Waals surface area contributed by atoms with Crippen molar-refractivity contribution >= 4 is 33.0 Å². The first-order chi connectivity index (χ1) is 6.70. The first-order valence-corrected chi connectivity index (χ1v) is 5.09. The summed E-state index contributed by atoms with van der Waals surface area (Å²) in [6.07, 6.45) is 0. The van der Waals surface area contributed by atoms with Gasteiger partial charge in [0.15, 0.2) is 5.78 Å². The standard InChI is InChI=1S/C11H8O2S/c1-7(12)11(13)9-6-14-10-5-3-2-4-8(9)10/h2-6H,1H3. The van der Waals surface area contributed by atoms with E-state index in [1.807, 2.05) is 24.3 Å². The zero-order valence-corrected chi connectivity index (χ0v) is 8.43. The molecule has 70 valence electrons. The number of hydrogen-bond donors (Lipinski definition) is 0. The van der Waals surface area contributed by atoms with Crippen LogP contribution >= 0.6 is 11.3 Å². The van der Waals surface area contributed by atoms with Crippen molar-refractivity contribution in [2.75, 3.05) is 0 Å². The van der Waals surface area contributed by atoms with E-state index in [1.54, 1.807) is 5.38 Å². The number of hydrogen-bond acceptors (Lipinski definition) is 3. The van der Waals surface area contributed by atoms with E-state index in [9.17, 15) is 9.59 Å². The van der Waals surface area contributed by atoms with Gasteiger partial charge in [-0.05, 0) is 6.07 Å². The Kier molecular flexibility index (Phi) is 2.17. The number of rotatable bonds is 2. The summed E-state index contributed by atoms with van der Waals surface area (Å²) in [5.41, 5.74) is 0.526. The largest absolute Gasteiger partial charge is 0.291 e. The molecule has 14 heavy (non-hydrogen) atoms. The van der Waals surface area contributed by atoms with Gasteiger partial charge in [-0.1, -0.05) is 18.2 Å². The zero-order valence-electron chi connectivity index (χ0n) is 7.61. The van der Waals surface area contributed by atoms with Crippen LogP contribution in [0.2, 0.25) is 0 Å². The number of carbonyl (C=O) groups is 2. The van der Waals surface area contributed by atoms with Crippen LogP contribution in [0.4, 0.5) is 0 Å². The molecule has 0 aliphatic heterocycles. The van der Waals surface area contributed by atoms with E-state index < -0.39 is 11.6 Å². The lowest BCUT2D eigenvalue weighted by Gasteiger charge is -1.93. The van der Waals surface area contributed by atoms with Crippen LogP contribution in [0.15, 0.2) is 29.6 Å². The number of Topliss-reactive ketones (excluding diaryl/α,β-unsaturated/α-hetero) is 2. The van der Waals surface area contributed by atoms with Crippen LogP contribution in [-0.2, 0) is 4.79 Å². The van der Waals surface area contributed by atoms with Gasteiger partial charge in [0.25, 0.3) is 0 Å². The molecule has 0 aliphatic rings. The van der Waals surface area contributed by atoms with Crippen molar-refractivity contribution < 1.29 is 9.59 Å². The normalized spacial score (nSPS) is 10.4. The summed E-state index contributed by atoms with van der Waals surface area (Å²) in [4.78, 5) is 22.4. The van der Waals surface area contributed by atoms with Crippen LogP contribution < -0.4 is 0 Å². The van der Waals surface area contributed by atoms with Crippen molar-refractivity contribution in [2.45, 2.75) is 6.92 Å². The second kappa shape index (κ2) is 3.35. The monoisotopic (exact) mass is 204 g/mol. The van der Waals surface area contributed by atoms with E-state index in [0.29, 0.717) is 5.56 Å². The van der Waals surface area contributed by atoms with Crippen molar-refractivity contribution in [3.63, 3.8) is 0 Å². The quantitative estimate of drug-likeness (QED) is 0.556. The molecule has 0 aliphatic carbocycles. The lowest BCUT2D eigenvalue weighted by Crippen LogP contribution is -2.08. The molecular formula is C11H8O2S. The van der Waals surface area contributed by atoms with Gasteiger partial charge in [-0.3, -0.25) is 9.59 Å². The van der Waals surface area contributed by atoms with Gasteiger partial charge in [-0.25, -0.2) is 0 Å². The van der Waals surface area contributed by atoms with E-state index in [0.717, 1.165) is 10.1 Å². The van der Waals surface area contributed by atoms with Crippen LogP contribution in [0.1, 0.15) is 17.3 Å². The Balaban J connectivity index is 2.64. The van der Waals surface area contributed by atoms with E-state index in [-0.39, 0.29) is 0 Å². The van der Waals surface area contributed by atoms with Crippen molar-refractivity contribution in [1.29, 1.82) is 0 Å². The molecule has 0 spiro atoms. The summed E-state index contributed by atoms with van der Waals surface area (Å²) in [6.45, 7) is 1.30. The average molecular weight is 204 g/mol. The van der Waals surface area contributed by atoms with Gasteiger partial charge in [0.1, 0.15) is 0 Å². The van der Waals surface area contributed by atoms with Gasteiger partial charge in [0.05, 0.1) is 0 Å². The number of carbonyl (C=O) groups excluding carboxylic acids is 2. The summed E-state index contributed by atoms with van der Waals surface area (Å²) < 4.78 is 1.04. The molecule has 1 heterocycles. The molecule has 0 radical (unpaired) electrons. The summed E-state index contributed by atoms with van der Waals surface area (Å²) in [5.74, 6) is -0.809. The molecule has 0 N–H and O–H groups in total. The van der Waals surface area contributed by atoms with Crippen molar-refractivity contribution in [2.24, 2.45) is 0 Å². The third kappa shape index (κ3) is 1.36. The van der Waals surface area contributed by atoms with Gasteiger partial charge in [0.2, 0.25) is 5.78 Å². The van der Waals surface area contributed by atoms with Gasteiger partial charge in [0, 0.05) is 28.0 Å². The number of benzene rings is 1. The molecule has 2 rings (SSSR count). The Bertz CT molecular complexity index is 511. The fraction of sp³-hybridized carbons (Fsp3) is 0.0909. The molecule has 0 saturated heterocycles. The first kappa shape index (κ1) is 9.09. The van der Waals surface area contributed by atoms with Crippen LogP contribution in [-0.4, -0.2) is 11.6 Å². The van der Waals surface area contributed by atoms with Crippen LogP contribution in [0, 0.1) is 0 Å².